The molecule has 1 aromatic carbocycles. The van der Waals surface area contributed by atoms with Gasteiger partial charge in [-0.05, 0) is 31.5 Å². The fourth-order valence-corrected chi connectivity index (χ4v) is 6.61. The third kappa shape index (κ3) is 3.54. The quantitative estimate of drug-likeness (QED) is 0.409. The van der Waals surface area contributed by atoms with Crippen LogP contribution in [0.2, 0.25) is 0 Å². The molecular formula is C27H25F2N7O3. The van der Waals surface area contributed by atoms with Crippen molar-refractivity contribution in [1.82, 2.24) is 29.5 Å². The van der Waals surface area contributed by atoms with Crippen molar-refractivity contribution in [2.75, 3.05) is 7.05 Å². The predicted molar refractivity (Wildman–Crippen MR) is 134 cm³/mol. The van der Waals surface area contributed by atoms with E-state index in [0.29, 0.717) is 53.2 Å². The normalized spacial score (nSPS) is 27.4. The molecule has 4 heterocycles. The van der Waals surface area contributed by atoms with Gasteiger partial charge in [-0.1, -0.05) is 6.07 Å². The molecule has 3 N–H and O–H groups in total. The number of aromatic nitrogens is 5. The highest BCUT2D eigenvalue weighted by molar-refractivity contribution is 5.98. The molecule has 1 saturated carbocycles. The number of nitrogens with zero attached hydrogens (tertiary/aromatic N) is 6. The molecule has 7 rings (SSSR count). The molecule has 2 bridgehead atoms. The van der Waals surface area contributed by atoms with Crippen LogP contribution < -0.4 is 10.5 Å². The van der Waals surface area contributed by atoms with Crippen LogP contribution in [0.5, 0.6) is 5.75 Å². The van der Waals surface area contributed by atoms with Crippen LogP contribution in [-0.2, 0) is 5.54 Å². The maximum atomic E-state index is 13.3. The standard InChI is InChI=1S/C27H25F2N7O3/c1-26(38)10-27(30,11-26)24-31-8-13(9-32-24)16-7-17-21-15-6-18(22(21)34-36(17)12-33-16)35(2)23(37)14-4-3-5-19(20(14)15)39-25(28)29/h3-5,7-9,12,15,18,25,38H,6,10-11,30H2,1-2H3/t15-,18-,26?,27?/m1/s1. The van der Waals surface area contributed by atoms with Gasteiger partial charge in [0, 0.05) is 60.5 Å². The molecule has 0 saturated heterocycles. The molecule has 2 atom stereocenters. The number of hydrogen-bond acceptors (Lipinski definition) is 8. The number of ether oxygens (including phenoxy) is 1. The SMILES string of the molecule is CN1C(=O)c2cccc(OC(F)F)c2[C@H]2C[C@@H]1c1nn3cnc(-c4cnc(C5(N)CC(C)(O)C5)nc4)cc3c12. The van der Waals surface area contributed by atoms with Crippen LogP contribution in [0.15, 0.2) is 43.0 Å². The van der Waals surface area contributed by atoms with Crippen molar-refractivity contribution < 1.29 is 23.4 Å². The van der Waals surface area contributed by atoms with E-state index in [2.05, 4.69) is 15.0 Å². The summed E-state index contributed by atoms with van der Waals surface area (Å²) < 4.78 is 33.2. The first-order valence-electron chi connectivity index (χ1n) is 12.6. The molecule has 3 aliphatic rings. The van der Waals surface area contributed by atoms with E-state index in [1.807, 2.05) is 6.07 Å². The number of aliphatic hydroxyl groups is 1. The van der Waals surface area contributed by atoms with Crippen molar-refractivity contribution in [3.8, 4) is 17.0 Å². The summed E-state index contributed by atoms with van der Waals surface area (Å²) in [7, 11) is 1.70. The molecule has 39 heavy (non-hydrogen) atoms. The van der Waals surface area contributed by atoms with Crippen molar-refractivity contribution in [2.45, 2.75) is 55.9 Å². The fraction of sp³-hybridized carbons (Fsp3) is 0.370. The Hall–Kier alpha value is -4.03. The van der Waals surface area contributed by atoms with Gasteiger partial charge < -0.3 is 20.5 Å². The van der Waals surface area contributed by atoms with Gasteiger partial charge in [0.2, 0.25) is 0 Å². The van der Waals surface area contributed by atoms with E-state index in [9.17, 15) is 18.7 Å². The first-order valence-corrected chi connectivity index (χ1v) is 12.6. The number of carbonyl (C=O) groups is 1. The van der Waals surface area contributed by atoms with Gasteiger partial charge in [-0.2, -0.15) is 13.9 Å². The van der Waals surface area contributed by atoms with Crippen molar-refractivity contribution >= 4 is 11.4 Å². The Morgan fingerprint density at radius 3 is 2.62 bits per heavy atom. The number of alkyl halides is 2. The monoisotopic (exact) mass is 533 g/mol. The van der Waals surface area contributed by atoms with Gasteiger partial charge in [0.15, 0.2) is 0 Å². The molecule has 0 radical (unpaired) electrons. The lowest BCUT2D eigenvalue weighted by molar-refractivity contribution is -0.0769. The lowest BCUT2D eigenvalue weighted by Gasteiger charge is -2.48. The summed E-state index contributed by atoms with van der Waals surface area (Å²) in [6.45, 7) is -1.29. The Balaban J connectivity index is 1.33. The molecular weight excluding hydrogens is 508 g/mol. The Morgan fingerprint density at radius 1 is 1.18 bits per heavy atom. The van der Waals surface area contributed by atoms with Gasteiger partial charge in [-0.15, -0.1) is 0 Å². The van der Waals surface area contributed by atoms with E-state index in [4.69, 9.17) is 15.6 Å². The minimum Gasteiger partial charge on any atom is -0.434 e. The number of amides is 1. The summed E-state index contributed by atoms with van der Waals surface area (Å²) in [5.41, 5.74) is 9.16. The Morgan fingerprint density at radius 2 is 1.92 bits per heavy atom. The van der Waals surface area contributed by atoms with Crippen molar-refractivity contribution in [2.24, 2.45) is 5.73 Å². The van der Waals surface area contributed by atoms with E-state index in [-0.39, 0.29) is 23.6 Å². The van der Waals surface area contributed by atoms with Crippen LogP contribution in [0, 0.1) is 0 Å². The van der Waals surface area contributed by atoms with Crippen LogP contribution in [0.25, 0.3) is 16.8 Å². The van der Waals surface area contributed by atoms with E-state index in [0.717, 1.165) is 11.1 Å². The highest BCUT2D eigenvalue weighted by atomic mass is 19.3. The van der Waals surface area contributed by atoms with Crippen LogP contribution >= 0.6 is 0 Å². The van der Waals surface area contributed by atoms with Gasteiger partial charge >= 0.3 is 6.61 Å². The topological polar surface area (TPSA) is 132 Å². The maximum absolute atomic E-state index is 13.3. The van der Waals surface area contributed by atoms with Crippen LogP contribution in [0.4, 0.5) is 8.78 Å². The van der Waals surface area contributed by atoms with Gasteiger partial charge in [-0.3, -0.25) is 4.79 Å². The average Bonchev–Trinajstić information content (AvgIpc) is 3.40. The Bertz CT molecular complexity index is 1650. The molecule has 0 spiro atoms. The van der Waals surface area contributed by atoms with Crippen molar-refractivity contribution in [3.05, 3.63) is 71.2 Å². The molecule has 2 aliphatic carbocycles. The molecule has 200 valence electrons. The molecule has 10 nitrogen and oxygen atoms in total. The minimum absolute atomic E-state index is 0.00828. The number of carbonyl (C=O) groups excluding carboxylic acids is 1. The third-order valence-corrected chi connectivity index (χ3v) is 8.15. The number of hydrogen-bond donors (Lipinski definition) is 2. The van der Waals surface area contributed by atoms with Crippen LogP contribution in [-0.4, -0.2) is 59.7 Å². The molecule has 0 unspecified atom stereocenters. The molecule has 3 aromatic heterocycles. The van der Waals surface area contributed by atoms with E-state index in [1.54, 1.807) is 54.2 Å². The summed E-state index contributed by atoms with van der Waals surface area (Å²) in [5, 5.41) is 14.9. The molecule has 1 amide bonds. The van der Waals surface area contributed by atoms with Crippen molar-refractivity contribution in [1.29, 1.82) is 0 Å². The number of halogens is 2. The zero-order chi connectivity index (χ0) is 27.3. The molecule has 4 aromatic rings. The first-order chi connectivity index (χ1) is 18.5. The molecule has 1 aliphatic heterocycles. The number of nitrogens with two attached hydrogens (primary N) is 1. The summed E-state index contributed by atoms with van der Waals surface area (Å²) in [5.74, 6) is -0.184. The minimum atomic E-state index is -3.02. The molecule has 12 heteroatoms. The predicted octanol–water partition coefficient (Wildman–Crippen LogP) is 3.15. The van der Waals surface area contributed by atoms with E-state index in [1.165, 1.54) is 6.07 Å². The smallest absolute Gasteiger partial charge is 0.387 e. The van der Waals surface area contributed by atoms with Gasteiger partial charge in [0.05, 0.1) is 34.1 Å². The number of benzene rings is 1. The summed E-state index contributed by atoms with van der Waals surface area (Å²) in [6, 6.07) is 6.22. The lowest BCUT2D eigenvalue weighted by atomic mass is 9.66. The highest BCUT2D eigenvalue weighted by Crippen LogP contribution is 2.53. The van der Waals surface area contributed by atoms with Crippen molar-refractivity contribution in [3.63, 3.8) is 0 Å². The van der Waals surface area contributed by atoms with Crippen LogP contribution in [0.1, 0.15) is 71.1 Å². The highest BCUT2D eigenvalue weighted by Gasteiger charge is 2.51. The van der Waals surface area contributed by atoms with Gasteiger partial charge in [0.25, 0.3) is 5.91 Å². The summed E-state index contributed by atoms with van der Waals surface area (Å²) in [6.07, 6.45) is 6.15. The second-order valence-electron chi connectivity index (χ2n) is 11.0. The second-order valence-corrected chi connectivity index (χ2v) is 11.0. The number of rotatable bonds is 4. The summed E-state index contributed by atoms with van der Waals surface area (Å²) >= 11 is 0. The average molecular weight is 534 g/mol. The third-order valence-electron chi connectivity index (χ3n) is 8.15. The maximum Gasteiger partial charge on any atom is 0.387 e. The second kappa shape index (κ2) is 7.99. The molecule has 1 fully saturated rings. The largest absolute Gasteiger partial charge is 0.434 e. The summed E-state index contributed by atoms with van der Waals surface area (Å²) in [4.78, 5) is 28.4. The Labute approximate surface area is 221 Å². The first kappa shape index (κ1) is 24.0. The zero-order valence-electron chi connectivity index (χ0n) is 21.2. The Kier molecular flexibility index (Phi) is 4.93. The van der Waals surface area contributed by atoms with Crippen LogP contribution in [0.3, 0.4) is 0 Å². The van der Waals surface area contributed by atoms with E-state index >= 15 is 0 Å². The fourth-order valence-electron chi connectivity index (χ4n) is 6.61. The lowest BCUT2D eigenvalue weighted by Crippen LogP contribution is -2.59. The zero-order valence-corrected chi connectivity index (χ0v) is 21.2. The van der Waals surface area contributed by atoms with Gasteiger partial charge in [-0.25, -0.2) is 19.5 Å². The van der Waals surface area contributed by atoms with Gasteiger partial charge in [0.1, 0.15) is 17.9 Å². The number of fused-ring (bicyclic) bond motifs is 9. The van der Waals surface area contributed by atoms with E-state index < -0.39 is 17.8 Å².